The fourth-order valence-electron chi connectivity index (χ4n) is 1.74. The Kier molecular flexibility index (Phi) is 18.3. The van der Waals surface area contributed by atoms with Gasteiger partial charge in [0.25, 0.3) is 15.6 Å². The molecule has 14 nitrogen and oxygen atoms in total. The van der Waals surface area contributed by atoms with Crippen molar-refractivity contribution in [1.29, 1.82) is 0 Å². The van der Waals surface area contributed by atoms with Gasteiger partial charge < -0.3 is 46.3 Å². The molecule has 0 rings (SSSR count). The lowest BCUT2D eigenvalue weighted by atomic mass is 10.4. The summed E-state index contributed by atoms with van der Waals surface area (Å²) >= 11 is 0. The van der Waals surface area contributed by atoms with Gasteiger partial charge in [0.15, 0.2) is 0 Å². The number of nitrogens with zero attached hydrogens (tertiary/aromatic N) is 2. The second-order valence-electron chi connectivity index (χ2n) is 10.1. The van der Waals surface area contributed by atoms with Crippen LogP contribution in [0.15, 0.2) is 24.3 Å². The molecule has 0 aromatic rings. The largest absolute Gasteiger partial charge is 0.756 e. The topological polar surface area (TPSA) is 170 Å². The highest BCUT2D eigenvalue weighted by Crippen LogP contribution is 2.38. The summed E-state index contributed by atoms with van der Waals surface area (Å²) in [6.07, 6.45) is 0. The maximum Gasteiger partial charge on any atom is 0.333 e. The number of quaternary nitrogens is 2. The second-order valence-corrected chi connectivity index (χ2v) is 12.9. The van der Waals surface area contributed by atoms with E-state index in [9.17, 15) is 28.5 Å². The molecule has 0 fully saturated rings. The van der Waals surface area contributed by atoms with E-state index in [0.29, 0.717) is 22.1 Å². The summed E-state index contributed by atoms with van der Waals surface area (Å²) in [4.78, 5) is 44.6. The standard InChI is InChI=1S/2C11H22NO6P/c2*1-10(2)11(13)16-8-9-18-19(14,15)17-7-6-12(3,4)5/h2*1,6-9H2,2-5H3. The Morgan fingerprint density at radius 2 is 0.868 bits per heavy atom. The van der Waals surface area contributed by atoms with Crippen molar-refractivity contribution in [3.05, 3.63) is 24.3 Å². The molecular weight excluding hydrogens is 546 g/mol. The zero-order valence-electron chi connectivity index (χ0n) is 23.8. The van der Waals surface area contributed by atoms with Crippen molar-refractivity contribution in [3.63, 3.8) is 0 Å². The molecule has 224 valence electrons. The number of rotatable bonds is 18. The maximum absolute atomic E-state index is 11.3. The number of phosphoric ester groups is 2. The molecule has 0 spiro atoms. The van der Waals surface area contributed by atoms with Gasteiger partial charge in [-0.2, -0.15) is 0 Å². The summed E-state index contributed by atoms with van der Waals surface area (Å²) in [5, 5.41) is 0. The van der Waals surface area contributed by atoms with Crippen LogP contribution in [0.3, 0.4) is 0 Å². The van der Waals surface area contributed by atoms with E-state index in [1.54, 1.807) is 0 Å². The molecule has 0 saturated heterocycles. The molecule has 38 heavy (non-hydrogen) atoms. The lowest BCUT2D eigenvalue weighted by Crippen LogP contribution is -2.37. The van der Waals surface area contributed by atoms with Gasteiger partial charge in [-0.1, -0.05) is 13.2 Å². The lowest BCUT2D eigenvalue weighted by molar-refractivity contribution is -0.870. The average molecular weight is 591 g/mol. The highest BCUT2D eigenvalue weighted by atomic mass is 31.2. The summed E-state index contributed by atoms with van der Waals surface area (Å²) in [6.45, 7) is 10.0. The molecule has 0 heterocycles. The van der Waals surface area contributed by atoms with E-state index in [1.165, 1.54) is 13.8 Å². The van der Waals surface area contributed by atoms with Gasteiger partial charge in [0.2, 0.25) is 0 Å². The van der Waals surface area contributed by atoms with E-state index in [4.69, 9.17) is 0 Å². The summed E-state index contributed by atoms with van der Waals surface area (Å²) in [5.74, 6) is -1.18. The number of hydrogen-bond acceptors (Lipinski definition) is 12. The van der Waals surface area contributed by atoms with Gasteiger partial charge in [-0.15, -0.1) is 0 Å². The minimum Gasteiger partial charge on any atom is -0.756 e. The first-order chi connectivity index (χ1) is 17.1. The summed E-state index contributed by atoms with van der Waals surface area (Å²) in [7, 11) is 2.81. The number of ether oxygens (including phenoxy) is 2. The molecule has 0 amide bonds. The van der Waals surface area contributed by atoms with Crippen molar-refractivity contribution in [1.82, 2.24) is 0 Å². The number of hydrogen-bond donors (Lipinski definition) is 0. The van der Waals surface area contributed by atoms with Crippen LogP contribution in [-0.4, -0.2) is 116 Å². The van der Waals surface area contributed by atoms with Crippen molar-refractivity contribution in [3.8, 4) is 0 Å². The Hall–Kier alpha value is -1.44. The molecule has 2 atom stereocenters. The zero-order chi connectivity index (χ0) is 30.2. The summed E-state index contributed by atoms with van der Waals surface area (Å²) in [5.41, 5.74) is 0.481. The van der Waals surface area contributed by atoms with Crippen LogP contribution in [0.5, 0.6) is 0 Å². The molecule has 0 aromatic carbocycles. The molecule has 2 unspecified atom stereocenters. The first-order valence-corrected chi connectivity index (χ1v) is 14.5. The summed E-state index contributed by atoms with van der Waals surface area (Å²) in [6, 6.07) is 0. The molecular formula is C22H44N2O12P2. The monoisotopic (exact) mass is 590 g/mol. The van der Waals surface area contributed by atoms with Crippen LogP contribution in [0.4, 0.5) is 0 Å². The zero-order valence-corrected chi connectivity index (χ0v) is 25.5. The highest BCUT2D eigenvalue weighted by molar-refractivity contribution is 7.46. The van der Waals surface area contributed by atoms with E-state index in [0.717, 1.165) is 0 Å². The van der Waals surface area contributed by atoms with Crippen molar-refractivity contribution in [2.24, 2.45) is 0 Å². The molecule has 0 saturated carbocycles. The number of likely N-dealkylation sites (N-methyl/N-ethyl adjacent to an activating group) is 2. The minimum absolute atomic E-state index is 0.0375. The maximum atomic E-state index is 11.3. The Morgan fingerprint density at radius 3 is 1.11 bits per heavy atom. The first kappa shape index (κ1) is 38.7. The fraction of sp³-hybridized carbons (Fsp3) is 0.727. The van der Waals surface area contributed by atoms with Gasteiger partial charge in [0, 0.05) is 11.1 Å². The second kappa shape index (κ2) is 18.0. The average Bonchev–Trinajstić information content (AvgIpc) is 2.72. The van der Waals surface area contributed by atoms with E-state index in [-0.39, 0.29) is 50.8 Å². The Labute approximate surface area is 226 Å². The van der Waals surface area contributed by atoms with Crippen molar-refractivity contribution in [2.45, 2.75) is 13.8 Å². The van der Waals surface area contributed by atoms with Crippen LogP contribution < -0.4 is 9.79 Å². The Morgan fingerprint density at radius 1 is 0.605 bits per heavy atom. The molecule has 0 bridgehead atoms. The molecule has 0 radical (unpaired) electrons. The number of phosphoric acid groups is 2. The lowest BCUT2D eigenvalue weighted by Gasteiger charge is -2.27. The van der Waals surface area contributed by atoms with Gasteiger partial charge in [-0.25, -0.2) is 9.59 Å². The van der Waals surface area contributed by atoms with Gasteiger partial charge in [0.1, 0.15) is 39.5 Å². The van der Waals surface area contributed by atoms with E-state index >= 15 is 0 Å². The fourth-order valence-corrected chi connectivity index (χ4v) is 3.10. The third-order valence-electron chi connectivity index (χ3n) is 3.85. The summed E-state index contributed by atoms with van der Waals surface area (Å²) < 4.78 is 51.5. The van der Waals surface area contributed by atoms with Gasteiger partial charge in [-0.3, -0.25) is 9.13 Å². The quantitative estimate of drug-likeness (QED) is 0.0718. The van der Waals surface area contributed by atoms with Gasteiger partial charge in [-0.05, 0) is 13.8 Å². The Bertz CT molecular complexity index is 795. The molecule has 0 aromatic heterocycles. The van der Waals surface area contributed by atoms with E-state index in [2.05, 4.69) is 40.7 Å². The third kappa shape index (κ3) is 26.2. The van der Waals surface area contributed by atoms with Crippen LogP contribution in [0, 0.1) is 0 Å². The van der Waals surface area contributed by atoms with Crippen LogP contribution in [0.1, 0.15) is 13.8 Å². The molecule has 0 aliphatic heterocycles. The smallest absolute Gasteiger partial charge is 0.333 e. The Balaban J connectivity index is 0. The van der Waals surface area contributed by atoms with E-state index in [1.807, 2.05) is 42.3 Å². The van der Waals surface area contributed by atoms with Crippen LogP contribution in [0.2, 0.25) is 0 Å². The van der Waals surface area contributed by atoms with Crippen LogP contribution in [0.25, 0.3) is 0 Å². The van der Waals surface area contributed by atoms with Gasteiger partial charge in [0.05, 0.1) is 55.5 Å². The predicted molar refractivity (Wildman–Crippen MR) is 136 cm³/mol. The molecule has 0 N–H and O–H groups in total. The molecule has 16 heteroatoms. The number of esters is 2. The highest BCUT2D eigenvalue weighted by Gasteiger charge is 2.15. The molecule has 0 aliphatic rings. The SMILES string of the molecule is C=C(C)C(=O)OCCOP(=O)([O-])OCC[N+](C)(C)C.C=C(C)C(=O)OCCOP(=O)([O-])OCC[N+](C)(C)C. The molecule has 0 aliphatic carbocycles. The van der Waals surface area contributed by atoms with Crippen LogP contribution in [-0.2, 0) is 46.3 Å². The number of carbonyl (C=O) groups is 2. The van der Waals surface area contributed by atoms with Crippen molar-refractivity contribution >= 4 is 27.6 Å². The third-order valence-corrected chi connectivity index (χ3v) is 5.85. The van der Waals surface area contributed by atoms with Crippen molar-refractivity contribution in [2.75, 3.05) is 95.0 Å². The first-order valence-electron chi connectivity index (χ1n) is 11.5. The van der Waals surface area contributed by atoms with Gasteiger partial charge >= 0.3 is 11.9 Å². The normalized spacial score (nSPS) is 14.8. The van der Waals surface area contributed by atoms with E-state index < -0.39 is 27.6 Å². The minimum atomic E-state index is -4.34. The van der Waals surface area contributed by atoms with Crippen molar-refractivity contribution < 1.29 is 65.0 Å². The number of carbonyl (C=O) groups excluding carboxylic acids is 2. The predicted octanol–water partition coefficient (Wildman–Crippen LogP) is 0.627. The van der Waals surface area contributed by atoms with Crippen LogP contribution >= 0.6 is 15.6 Å².